The van der Waals surface area contributed by atoms with Gasteiger partial charge in [0.2, 0.25) is 0 Å². The standard InChI is InChI=1S/C10H15NO2S/c1-12-10-8(7-11-13-2)5-4-6-9(10)14-3/h4-6,11H,7H2,1-3H3. The summed E-state index contributed by atoms with van der Waals surface area (Å²) in [5, 5.41) is 0. The van der Waals surface area contributed by atoms with Gasteiger partial charge in [-0.25, -0.2) is 0 Å². The fourth-order valence-corrected chi connectivity index (χ4v) is 1.86. The predicted molar refractivity (Wildman–Crippen MR) is 58.6 cm³/mol. The van der Waals surface area contributed by atoms with E-state index >= 15 is 0 Å². The Hall–Kier alpha value is -0.710. The van der Waals surface area contributed by atoms with Crippen molar-refractivity contribution < 1.29 is 9.57 Å². The van der Waals surface area contributed by atoms with Crippen molar-refractivity contribution in [1.29, 1.82) is 0 Å². The van der Waals surface area contributed by atoms with Crippen molar-refractivity contribution in [3.05, 3.63) is 23.8 Å². The van der Waals surface area contributed by atoms with Crippen molar-refractivity contribution in [2.24, 2.45) is 0 Å². The van der Waals surface area contributed by atoms with Crippen LogP contribution < -0.4 is 10.2 Å². The second-order valence-electron chi connectivity index (χ2n) is 2.68. The molecule has 0 aliphatic carbocycles. The first-order chi connectivity index (χ1) is 6.83. The van der Waals surface area contributed by atoms with Gasteiger partial charge in [-0.15, -0.1) is 11.8 Å². The summed E-state index contributed by atoms with van der Waals surface area (Å²) in [5.74, 6) is 0.921. The Morgan fingerprint density at radius 1 is 1.36 bits per heavy atom. The third-order valence-electron chi connectivity index (χ3n) is 1.89. The molecule has 14 heavy (non-hydrogen) atoms. The lowest BCUT2D eigenvalue weighted by atomic mass is 10.2. The van der Waals surface area contributed by atoms with Gasteiger partial charge in [-0.1, -0.05) is 12.1 Å². The SMILES string of the molecule is CONCc1cccc(SC)c1OC. The monoisotopic (exact) mass is 213 g/mol. The van der Waals surface area contributed by atoms with Gasteiger partial charge in [-0.3, -0.25) is 0 Å². The van der Waals surface area contributed by atoms with E-state index in [-0.39, 0.29) is 0 Å². The molecule has 0 saturated carbocycles. The van der Waals surface area contributed by atoms with E-state index in [2.05, 4.69) is 5.48 Å². The number of hydrogen-bond acceptors (Lipinski definition) is 4. The summed E-state index contributed by atoms with van der Waals surface area (Å²) < 4.78 is 5.35. The third kappa shape index (κ3) is 2.64. The molecule has 78 valence electrons. The largest absolute Gasteiger partial charge is 0.495 e. The van der Waals surface area contributed by atoms with Gasteiger partial charge in [0.05, 0.1) is 14.2 Å². The first-order valence-corrected chi connectivity index (χ1v) is 5.51. The average molecular weight is 213 g/mol. The maximum absolute atomic E-state index is 5.35. The molecular weight excluding hydrogens is 198 g/mol. The lowest BCUT2D eigenvalue weighted by Gasteiger charge is -2.11. The van der Waals surface area contributed by atoms with Crippen molar-refractivity contribution in [3.63, 3.8) is 0 Å². The van der Waals surface area contributed by atoms with E-state index in [1.54, 1.807) is 26.0 Å². The Balaban J connectivity index is 2.90. The van der Waals surface area contributed by atoms with Gasteiger partial charge in [-0.05, 0) is 12.3 Å². The highest BCUT2D eigenvalue weighted by atomic mass is 32.2. The van der Waals surface area contributed by atoms with Gasteiger partial charge in [0.1, 0.15) is 5.75 Å². The van der Waals surface area contributed by atoms with Crippen LogP contribution in [0.1, 0.15) is 5.56 Å². The first-order valence-electron chi connectivity index (χ1n) is 4.29. The maximum Gasteiger partial charge on any atom is 0.136 e. The quantitative estimate of drug-likeness (QED) is 0.599. The normalized spacial score (nSPS) is 10.2. The van der Waals surface area contributed by atoms with E-state index in [4.69, 9.17) is 9.57 Å². The number of ether oxygens (including phenoxy) is 1. The minimum Gasteiger partial charge on any atom is -0.495 e. The highest BCUT2D eigenvalue weighted by Crippen LogP contribution is 2.30. The van der Waals surface area contributed by atoms with Gasteiger partial charge in [0, 0.05) is 17.0 Å². The Labute approximate surface area is 88.7 Å². The zero-order valence-corrected chi connectivity index (χ0v) is 9.48. The molecule has 0 radical (unpaired) electrons. The van der Waals surface area contributed by atoms with Crippen molar-refractivity contribution in [1.82, 2.24) is 5.48 Å². The van der Waals surface area contributed by atoms with Gasteiger partial charge in [0.25, 0.3) is 0 Å². The lowest BCUT2D eigenvalue weighted by molar-refractivity contribution is 0.0860. The summed E-state index contributed by atoms with van der Waals surface area (Å²) in [7, 11) is 3.29. The maximum atomic E-state index is 5.35. The molecule has 0 spiro atoms. The predicted octanol–water partition coefficient (Wildman–Crippen LogP) is 2.07. The molecule has 0 fully saturated rings. The molecule has 1 rings (SSSR count). The Morgan fingerprint density at radius 3 is 2.71 bits per heavy atom. The third-order valence-corrected chi connectivity index (χ3v) is 2.65. The van der Waals surface area contributed by atoms with E-state index < -0.39 is 0 Å². The highest BCUT2D eigenvalue weighted by molar-refractivity contribution is 7.98. The molecule has 0 amide bonds. The first kappa shape index (κ1) is 11.4. The van der Waals surface area contributed by atoms with Crippen LogP contribution in [0.15, 0.2) is 23.1 Å². The number of nitrogens with one attached hydrogen (secondary N) is 1. The number of para-hydroxylation sites is 1. The Kier molecular flexibility index (Phi) is 4.79. The minimum atomic E-state index is 0.647. The molecule has 0 saturated heterocycles. The van der Waals surface area contributed by atoms with E-state index in [9.17, 15) is 0 Å². The molecule has 1 N–H and O–H groups in total. The van der Waals surface area contributed by atoms with Crippen LogP contribution in [0, 0.1) is 0 Å². The molecule has 0 aliphatic heterocycles. The second kappa shape index (κ2) is 5.90. The van der Waals surface area contributed by atoms with E-state index in [0.717, 1.165) is 16.2 Å². The van der Waals surface area contributed by atoms with Gasteiger partial charge in [-0.2, -0.15) is 5.48 Å². The van der Waals surface area contributed by atoms with Crippen molar-refractivity contribution >= 4 is 11.8 Å². The van der Waals surface area contributed by atoms with Crippen LogP contribution in [-0.2, 0) is 11.4 Å². The molecule has 0 aromatic heterocycles. The van der Waals surface area contributed by atoms with Crippen LogP contribution in [0.2, 0.25) is 0 Å². The molecule has 0 bridgehead atoms. The molecule has 1 aromatic carbocycles. The molecule has 0 atom stereocenters. The van der Waals surface area contributed by atoms with Crippen molar-refractivity contribution in [2.45, 2.75) is 11.4 Å². The second-order valence-corrected chi connectivity index (χ2v) is 3.53. The number of rotatable bonds is 5. The molecule has 0 aliphatic rings. The van der Waals surface area contributed by atoms with Crippen LogP contribution >= 0.6 is 11.8 Å². The number of benzene rings is 1. The van der Waals surface area contributed by atoms with Crippen LogP contribution in [0.25, 0.3) is 0 Å². The number of thioether (sulfide) groups is 1. The van der Waals surface area contributed by atoms with Crippen molar-refractivity contribution in [2.75, 3.05) is 20.5 Å². The number of hydroxylamine groups is 1. The van der Waals surface area contributed by atoms with Crippen LogP contribution in [0.4, 0.5) is 0 Å². The summed E-state index contributed by atoms with van der Waals surface area (Å²) in [4.78, 5) is 5.95. The molecule has 4 heteroatoms. The van der Waals surface area contributed by atoms with Crippen molar-refractivity contribution in [3.8, 4) is 5.75 Å². The summed E-state index contributed by atoms with van der Waals surface area (Å²) in [6, 6.07) is 6.07. The fourth-order valence-electron chi connectivity index (χ4n) is 1.24. The molecule has 1 aromatic rings. The van der Waals surface area contributed by atoms with E-state index in [1.165, 1.54) is 0 Å². The summed E-state index contributed by atoms with van der Waals surface area (Å²) in [6.07, 6.45) is 2.03. The molecule has 0 heterocycles. The number of hydrogen-bond donors (Lipinski definition) is 1. The molecule has 3 nitrogen and oxygen atoms in total. The zero-order valence-electron chi connectivity index (χ0n) is 8.66. The van der Waals surface area contributed by atoms with E-state index in [1.807, 2.05) is 24.5 Å². The Bertz CT molecular complexity index is 291. The smallest absolute Gasteiger partial charge is 0.136 e. The van der Waals surface area contributed by atoms with Crippen LogP contribution in [0.5, 0.6) is 5.75 Å². The lowest BCUT2D eigenvalue weighted by Crippen LogP contribution is -2.11. The average Bonchev–Trinajstić information content (AvgIpc) is 2.25. The molecular formula is C10H15NO2S. The summed E-state index contributed by atoms with van der Waals surface area (Å²) >= 11 is 1.67. The van der Waals surface area contributed by atoms with Gasteiger partial charge in [0.15, 0.2) is 0 Å². The van der Waals surface area contributed by atoms with E-state index in [0.29, 0.717) is 6.54 Å². The molecule has 0 unspecified atom stereocenters. The number of methoxy groups -OCH3 is 1. The minimum absolute atomic E-state index is 0.647. The Morgan fingerprint density at radius 2 is 2.14 bits per heavy atom. The van der Waals surface area contributed by atoms with Gasteiger partial charge >= 0.3 is 0 Å². The van der Waals surface area contributed by atoms with Crippen LogP contribution in [-0.4, -0.2) is 20.5 Å². The fraction of sp³-hybridized carbons (Fsp3) is 0.400. The topological polar surface area (TPSA) is 30.5 Å². The van der Waals surface area contributed by atoms with Gasteiger partial charge < -0.3 is 9.57 Å². The van der Waals surface area contributed by atoms with Crippen LogP contribution in [0.3, 0.4) is 0 Å². The summed E-state index contributed by atoms with van der Waals surface area (Å²) in [5.41, 5.74) is 3.90. The highest BCUT2D eigenvalue weighted by Gasteiger charge is 2.07. The zero-order chi connectivity index (χ0) is 10.4. The summed E-state index contributed by atoms with van der Waals surface area (Å²) in [6.45, 7) is 0.647.